The fourth-order valence-corrected chi connectivity index (χ4v) is 3.42. The predicted molar refractivity (Wildman–Crippen MR) is 103 cm³/mol. The normalized spacial score (nSPS) is 12.7. The number of aromatic nitrogens is 2. The Morgan fingerprint density at radius 2 is 2.00 bits per heavy atom. The van der Waals surface area contributed by atoms with Gasteiger partial charge in [-0.1, -0.05) is 11.6 Å². The Kier molecular flexibility index (Phi) is 8.33. The van der Waals surface area contributed by atoms with Crippen molar-refractivity contribution in [2.24, 2.45) is 0 Å². The minimum atomic E-state index is -4.32. The van der Waals surface area contributed by atoms with Crippen molar-refractivity contribution < 1.29 is 26.7 Å². The first-order valence-electron chi connectivity index (χ1n) is 8.59. The smallest absolute Gasteiger partial charge is 0.398 e. The van der Waals surface area contributed by atoms with Gasteiger partial charge in [-0.2, -0.15) is 13.2 Å². The van der Waals surface area contributed by atoms with Crippen LogP contribution in [0.1, 0.15) is 30.8 Å². The maximum Gasteiger partial charge on any atom is 0.398 e. The quantitative estimate of drug-likeness (QED) is 0.279. The molecule has 0 saturated heterocycles. The highest BCUT2D eigenvalue weighted by Gasteiger charge is 2.27. The van der Waals surface area contributed by atoms with Crippen molar-refractivity contribution in [3.05, 3.63) is 40.6 Å². The summed E-state index contributed by atoms with van der Waals surface area (Å²) < 4.78 is 70.0. The Bertz CT molecular complexity index is 836. The molecule has 0 amide bonds. The van der Waals surface area contributed by atoms with E-state index in [4.69, 9.17) is 16.3 Å². The van der Waals surface area contributed by atoms with Gasteiger partial charge in [-0.25, -0.2) is 18.7 Å². The second-order valence-electron chi connectivity index (χ2n) is 6.12. The first kappa shape index (κ1) is 23.5. The third-order valence-electron chi connectivity index (χ3n) is 3.69. The molecule has 2 rings (SSSR count). The van der Waals surface area contributed by atoms with E-state index < -0.39 is 23.9 Å². The number of nitrogens with zero attached hydrogens (tertiary/aromatic N) is 2. The van der Waals surface area contributed by atoms with Crippen LogP contribution in [-0.2, 0) is 0 Å². The van der Waals surface area contributed by atoms with Gasteiger partial charge in [0.1, 0.15) is 23.3 Å². The molecule has 0 radical (unpaired) electrons. The number of hydrogen-bond acceptors (Lipinski definition) is 5. The van der Waals surface area contributed by atoms with Gasteiger partial charge in [0.15, 0.2) is 11.6 Å². The standard InChI is InChI=1S/C18H19ClF5N3OS/c1-10-6-12(21)13(7-14(10)29-8-18(22,23)24)28-5-3-4-25-17-15(19)16(11(2)20)26-9-27-17/h6-7,9,11H,3-5,8H2,1-2H3,(H,25,26,27). The van der Waals surface area contributed by atoms with Crippen LogP contribution in [0.5, 0.6) is 5.75 Å². The molecule has 0 saturated carbocycles. The molecule has 1 aromatic carbocycles. The average Bonchev–Trinajstić information content (AvgIpc) is 2.62. The highest BCUT2D eigenvalue weighted by Crippen LogP contribution is 2.33. The molecule has 4 nitrogen and oxygen atoms in total. The minimum Gasteiger partial charge on any atom is -0.490 e. The number of alkyl halides is 4. The molecule has 2 aromatic rings. The summed E-state index contributed by atoms with van der Waals surface area (Å²) in [5.74, 6) is -1.56. The molecule has 0 aliphatic rings. The van der Waals surface area contributed by atoms with Gasteiger partial charge in [0.25, 0.3) is 0 Å². The molecule has 0 bridgehead atoms. The Labute approximate surface area is 174 Å². The van der Waals surface area contributed by atoms with E-state index in [-0.39, 0.29) is 28.9 Å². The van der Waals surface area contributed by atoms with Crippen molar-refractivity contribution in [3.63, 3.8) is 0 Å². The molecule has 1 N–H and O–H groups in total. The minimum absolute atomic E-state index is 0.0750. The first-order chi connectivity index (χ1) is 13.6. The average molecular weight is 456 g/mol. The molecule has 0 spiro atoms. The van der Waals surface area contributed by atoms with Crippen molar-refractivity contribution >= 4 is 29.2 Å². The van der Waals surface area contributed by atoms with Crippen LogP contribution in [-0.4, -0.2) is 35.0 Å². The van der Waals surface area contributed by atoms with Gasteiger partial charge in [0, 0.05) is 11.4 Å². The maximum atomic E-state index is 14.0. The molecular weight excluding hydrogens is 437 g/mol. The summed E-state index contributed by atoms with van der Waals surface area (Å²) in [6, 6.07) is 2.41. The van der Waals surface area contributed by atoms with Crippen LogP contribution >= 0.6 is 23.4 Å². The lowest BCUT2D eigenvalue weighted by atomic mass is 10.2. The largest absolute Gasteiger partial charge is 0.490 e. The highest BCUT2D eigenvalue weighted by molar-refractivity contribution is 7.99. The number of rotatable bonds is 9. The predicted octanol–water partition coefficient (Wildman–Crippen LogP) is 6.14. The molecular formula is C18H19ClF5N3OS. The molecule has 11 heteroatoms. The monoisotopic (exact) mass is 455 g/mol. The van der Waals surface area contributed by atoms with Crippen LogP contribution in [0.25, 0.3) is 0 Å². The van der Waals surface area contributed by atoms with Gasteiger partial charge in [-0.05, 0) is 38.0 Å². The van der Waals surface area contributed by atoms with E-state index >= 15 is 0 Å². The number of anilines is 1. The summed E-state index contributed by atoms with van der Waals surface area (Å²) in [6.07, 6.45) is -4.06. The fraction of sp³-hybridized carbons (Fsp3) is 0.444. The van der Waals surface area contributed by atoms with Crippen LogP contribution in [0.4, 0.5) is 27.8 Å². The van der Waals surface area contributed by atoms with E-state index in [1.165, 1.54) is 26.2 Å². The van der Waals surface area contributed by atoms with E-state index in [2.05, 4.69) is 15.3 Å². The number of nitrogens with one attached hydrogen (secondary N) is 1. The molecule has 160 valence electrons. The van der Waals surface area contributed by atoms with E-state index in [1.54, 1.807) is 0 Å². The van der Waals surface area contributed by atoms with Crippen molar-refractivity contribution in [2.45, 2.75) is 37.5 Å². The van der Waals surface area contributed by atoms with Crippen molar-refractivity contribution in [1.82, 2.24) is 9.97 Å². The van der Waals surface area contributed by atoms with Crippen molar-refractivity contribution in [1.29, 1.82) is 0 Å². The molecule has 1 heterocycles. The fourth-order valence-electron chi connectivity index (χ4n) is 2.31. The summed E-state index contributed by atoms with van der Waals surface area (Å²) in [4.78, 5) is 8.02. The summed E-state index contributed by atoms with van der Waals surface area (Å²) in [5, 5.41) is 3.00. The van der Waals surface area contributed by atoms with Gasteiger partial charge in [-0.3, -0.25) is 0 Å². The molecule has 0 aliphatic carbocycles. The van der Waals surface area contributed by atoms with Crippen LogP contribution in [0.15, 0.2) is 23.4 Å². The molecule has 0 fully saturated rings. The molecule has 29 heavy (non-hydrogen) atoms. The molecule has 1 atom stereocenters. The second-order valence-corrected chi connectivity index (χ2v) is 7.51. The Morgan fingerprint density at radius 3 is 2.66 bits per heavy atom. The zero-order valence-corrected chi connectivity index (χ0v) is 17.2. The van der Waals surface area contributed by atoms with Crippen LogP contribution in [0, 0.1) is 12.7 Å². The number of ether oxygens (including phenoxy) is 1. The van der Waals surface area contributed by atoms with Crippen molar-refractivity contribution in [2.75, 3.05) is 24.2 Å². The second kappa shape index (κ2) is 10.3. The Balaban J connectivity index is 1.88. The number of thioether (sulfide) groups is 1. The van der Waals surface area contributed by atoms with Crippen LogP contribution in [0.3, 0.4) is 0 Å². The zero-order valence-electron chi connectivity index (χ0n) is 15.6. The van der Waals surface area contributed by atoms with E-state index in [9.17, 15) is 22.0 Å². The van der Waals surface area contributed by atoms with Crippen molar-refractivity contribution in [3.8, 4) is 5.75 Å². The number of halogens is 6. The van der Waals surface area contributed by atoms with E-state index in [1.807, 2.05) is 0 Å². The Hall–Kier alpha value is -1.81. The van der Waals surface area contributed by atoms with Crippen LogP contribution in [0.2, 0.25) is 5.02 Å². The van der Waals surface area contributed by atoms with E-state index in [0.29, 0.717) is 35.2 Å². The van der Waals surface area contributed by atoms with Gasteiger partial charge in [-0.15, -0.1) is 11.8 Å². The van der Waals surface area contributed by atoms with Gasteiger partial charge in [0.05, 0.1) is 18.1 Å². The third kappa shape index (κ3) is 7.18. The number of hydrogen-bond donors (Lipinski definition) is 1. The van der Waals surface area contributed by atoms with Gasteiger partial charge >= 0.3 is 6.18 Å². The number of aryl methyl sites for hydroxylation is 1. The molecule has 1 unspecified atom stereocenters. The Morgan fingerprint density at radius 1 is 1.28 bits per heavy atom. The SMILES string of the molecule is Cc1cc(F)c(OCCCNc2ncnc(C(C)F)c2Cl)cc1SCC(F)(F)F. The maximum absolute atomic E-state index is 14.0. The lowest BCUT2D eigenvalue weighted by molar-refractivity contribution is -0.105. The summed E-state index contributed by atoms with van der Waals surface area (Å²) in [6.45, 7) is 3.29. The van der Waals surface area contributed by atoms with Gasteiger partial charge < -0.3 is 10.1 Å². The lowest BCUT2D eigenvalue weighted by Gasteiger charge is -2.13. The third-order valence-corrected chi connectivity index (χ3v) is 5.28. The molecule has 0 aliphatic heterocycles. The summed E-state index contributed by atoms with van der Waals surface area (Å²) >= 11 is 6.62. The molecule has 1 aromatic heterocycles. The van der Waals surface area contributed by atoms with E-state index in [0.717, 1.165) is 6.07 Å². The summed E-state index contributed by atoms with van der Waals surface area (Å²) in [7, 11) is 0. The lowest BCUT2D eigenvalue weighted by Crippen LogP contribution is -2.11. The topological polar surface area (TPSA) is 47.0 Å². The zero-order chi connectivity index (χ0) is 21.6. The first-order valence-corrected chi connectivity index (χ1v) is 9.95. The number of benzene rings is 1. The van der Waals surface area contributed by atoms with Gasteiger partial charge in [0.2, 0.25) is 0 Å². The van der Waals surface area contributed by atoms with Crippen LogP contribution < -0.4 is 10.1 Å². The summed E-state index contributed by atoms with van der Waals surface area (Å²) in [5.41, 5.74) is 0.480. The highest BCUT2D eigenvalue weighted by atomic mass is 35.5.